The zero-order valence-electron chi connectivity index (χ0n) is 12.1. The van der Waals surface area contributed by atoms with Gasteiger partial charge in [-0.15, -0.1) is 0 Å². The average molecular weight is 243 g/mol. The highest BCUT2D eigenvalue weighted by atomic mass is 16.6. The van der Waals surface area contributed by atoms with E-state index in [2.05, 4.69) is 13.8 Å². The molecule has 0 aliphatic carbocycles. The molecule has 0 heterocycles. The second-order valence-electron chi connectivity index (χ2n) is 6.02. The van der Waals surface area contributed by atoms with Crippen molar-refractivity contribution in [3.63, 3.8) is 0 Å². The fourth-order valence-electron chi connectivity index (χ4n) is 2.06. The number of ether oxygens (including phenoxy) is 1. The number of esters is 1. The van der Waals surface area contributed by atoms with Crippen molar-refractivity contribution in [2.24, 2.45) is 17.6 Å². The average Bonchev–Trinajstić information content (AvgIpc) is 2.13. The van der Waals surface area contributed by atoms with E-state index >= 15 is 0 Å². The van der Waals surface area contributed by atoms with E-state index in [0.29, 0.717) is 18.9 Å². The lowest BCUT2D eigenvalue weighted by Crippen LogP contribution is -2.27. The van der Waals surface area contributed by atoms with Gasteiger partial charge in [0.25, 0.3) is 0 Å². The minimum Gasteiger partial charge on any atom is -0.460 e. The molecule has 17 heavy (non-hydrogen) atoms. The SMILES string of the molecule is CCC[C@H](C)C[C@H](CN)CC(=O)OC(C)(C)C. The van der Waals surface area contributed by atoms with E-state index in [4.69, 9.17) is 10.5 Å². The summed E-state index contributed by atoms with van der Waals surface area (Å²) in [6.45, 7) is 10.6. The molecule has 0 aromatic carbocycles. The van der Waals surface area contributed by atoms with Crippen molar-refractivity contribution < 1.29 is 9.53 Å². The highest BCUT2D eigenvalue weighted by Gasteiger charge is 2.20. The Morgan fingerprint density at radius 1 is 1.35 bits per heavy atom. The predicted octanol–water partition coefficient (Wildman–Crippen LogP) is 3.12. The standard InChI is InChI=1S/C14H29NO2/c1-6-7-11(2)8-12(10-15)9-13(16)17-14(3,4)5/h11-12H,6-10,15H2,1-5H3/t11-,12-/m0/s1. The van der Waals surface area contributed by atoms with Crippen LogP contribution >= 0.6 is 0 Å². The molecule has 0 saturated heterocycles. The van der Waals surface area contributed by atoms with E-state index in [-0.39, 0.29) is 11.9 Å². The number of hydrogen-bond acceptors (Lipinski definition) is 3. The molecule has 3 nitrogen and oxygen atoms in total. The summed E-state index contributed by atoms with van der Waals surface area (Å²) in [4.78, 5) is 11.7. The molecule has 0 amide bonds. The van der Waals surface area contributed by atoms with Crippen LogP contribution in [0.15, 0.2) is 0 Å². The molecule has 0 bridgehead atoms. The number of hydrogen-bond donors (Lipinski definition) is 1. The third-order valence-electron chi connectivity index (χ3n) is 2.73. The van der Waals surface area contributed by atoms with Crippen LogP contribution in [0.25, 0.3) is 0 Å². The molecule has 0 saturated carbocycles. The third-order valence-corrected chi connectivity index (χ3v) is 2.73. The summed E-state index contributed by atoms with van der Waals surface area (Å²) >= 11 is 0. The molecule has 0 aliphatic heterocycles. The van der Waals surface area contributed by atoms with Gasteiger partial charge in [0, 0.05) is 6.42 Å². The van der Waals surface area contributed by atoms with Gasteiger partial charge in [-0.1, -0.05) is 26.7 Å². The lowest BCUT2D eigenvalue weighted by molar-refractivity contribution is -0.156. The molecule has 102 valence electrons. The second kappa shape index (κ2) is 7.70. The molecule has 0 radical (unpaired) electrons. The van der Waals surface area contributed by atoms with Gasteiger partial charge in [-0.3, -0.25) is 4.79 Å². The fourth-order valence-corrected chi connectivity index (χ4v) is 2.06. The van der Waals surface area contributed by atoms with Gasteiger partial charge in [0.2, 0.25) is 0 Å². The zero-order valence-corrected chi connectivity index (χ0v) is 12.1. The molecule has 0 unspecified atom stereocenters. The molecule has 2 atom stereocenters. The minimum absolute atomic E-state index is 0.128. The Morgan fingerprint density at radius 2 is 1.94 bits per heavy atom. The molecular weight excluding hydrogens is 214 g/mol. The van der Waals surface area contributed by atoms with Crippen LogP contribution in [0.4, 0.5) is 0 Å². The predicted molar refractivity (Wildman–Crippen MR) is 71.7 cm³/mol. The maximum absolute atomic E-state index is 11.7. The first kappa shape index (κ1) is 16.4. The van der Waals surface area contributed by atoms with E-state index < -0.39 is 5.60 Å². The number of nitrogens with two attached hydrogens (primary N) is 1. The van der Waals surface area contributed by atoms with E-state index in [9.17, 15) is 4.79 Å². The summed E-state index contributed by atoms with van der Waals surface area (Å²) in [5.41, 5.74) is 5.32. The quantitative estimate of drug-likeness (QED) is 0.699. The first-order valence-electron chi connectivity index (χ1n) is 6.70. The highest BCUT2D eigenvalue weighted by molar-refractivity contribution is 5.70. The van der Waals surface area contributed by atoms with Gasteiger partial charge in [0.15, 0.2) is 0 Å². The van der Waals surface area contributed by atoms with Crippen LogP contribution in [-0.4, -0.2) is 18.1 Å². The van der Waals surface area contributed by atoms with E-state index in [1.165, 1.54) is 12.8 Å². The highest BCUT2D eigenvalue weighted by Crippen LogP contribution is 2.20. The van der Waals surface area contributed by atoms with E-state index in [1.54, 1.807) is 0 Å². The summed E-state index contributed by atoms with van der Waals surface area (Å²) in [5, 5.41) is 0. The van der Waals surface area contributed by atoms with Crippen LogP contribution < -0.4 is 5.73 Å². The molecule has 0 aliphatic rings. The normalized spacial score (nSPS) is 15.4. The Balaban J connectivity index is 4.08. The van der Waals surface area contributed by atoms with Gasteiger partial charge in [-0.05, 0) is 45.6 Å². The summed E-state index contributed by atoms with van der Waals surface area (Å²) in [6, 6.07) is 0. The van der Waals surface area contributed by atoms with Gasteiger partial charge in [0.05, 0.1) is 0 Å². The molecule has 0 spiro atoms. The topological polar surface area (TPSA) is 52.3 Å². The molecule has 0 aromatic heterocycles. The van der Waals surface area contributed by atoms with Gasteiger partial charge >= 0.3 is 5.97 Å². The van der Waals surface area contributed by atoms with Crippen molar-refractivity contribution >= 4 is 5.97 Å². The second-order valence-corrected chi connectivity index (χ2v) is 6.02. The number of carbonyl (C=O) groups is 1. The van der Waals surface area contributed by atoms with E-state index in [1.807, 2.05) is 20.8 Å². The van der Waals surface area contributed by atoms with Gasteiger partial charge in [-0.25, -0.2) is 0 Å². The first-order valence-corrected chi connectivity index (χ1v) is 6.70. The lowest BCUT2D eigenvalue weighted by Gasteiger charge is -2.23. The lowest BCUT2D eigenvalue weighted by atomic mass is 9.90. The van der Waals surface area contributed by atoms with Crippen LogP contribution in [0, 0.1) is 11.8 Å². The molecular formula is C14H29NO2. The monoisotopic (exact) mass is 243 g/mol. The molecule has 0 fully saturated rings. The van der Waals surface area contributed by atoms with Crippen LogP contribution in [0.1, 0.15) is 60.3 Å². The molecule has 3 heteroatoms. The maximum Gasteiger partial charge on any atom is 0.306 e. The first-order chi connectivity index (χ1) is 7.78. The number of rotatable bonds is 7. The number of carbonyl (C=O) groups excluding carboxylic acids is 1. The Morgan fingerprint density at radius 3 is 2.35 bits per heavy atom. The fraction of sp³-hybridized carbons (Fsp3) is 0.929. The Hall–Kier alpha value is -0.570. The maximum atomic E-state index is 11.7. The minimum atomic E-state index is -0.398. The van der Waals surface area contributed by atoms with Crippen molar-refractivity contribution in [1.82, 2.24) is 0 Å². The summed E-state index contributed by atoms with van der Waals surface area (Å²) in [5.74, 6) is 0.763. The third kappa shape index (κ3) is 9.16. The smallest absolute Gasteiger partial charge is 0.306 e. The van der Waals surface area contributed by atoms with Crippen LogP contribution in [0.2, 0.25) is 0 Å². The van der Waals surface area contributed by atoms with Crippen molar-refractivity contribution in [3.8, 4) is 0 Å². The zero-order chi connectivity index (χ0) is 13.5. The van der Waals surface area contributed by atoms with Gasteiger partial charge in [-0.2, -0.15) is 0 Å². The Bertz CT molecular complexity index is 221. The van der Waals surface area contributed by atoms with E-state index in [0.717, 1.165) is 6.42 Å². The molecule has 0 rings (SSSR count). The van der Waals surface area contributed by atoms with Crippen LogP contribution in [0.5, 0.6) is 0 Å². The summed E-state index contributed by atoms with van der Waals surface area (Å²) in [7, 11) is 0. The largest absolute Gasteiger partial charge is 0.460 e. The van der Waals surface area contributed by atoms with Gasteiger partial charge < -0.3 is 10.5 Å². The van der Waals surface area contributed by atoms with Gasteiger partial charge in [0.1, 0.15) is 5.60 Å². The van der Waals surface area contributed by atoms with Crippen molar-refractivity contribution in [2.75, 3.05) is 6.54 Å². The Kier molecular flexibility index (Phi) is 7.44. The summed E-state index contributed by atoms with van der Waals surface area (Å²) < 4.78 is 5.32. The van der Waals surface area contributed by atoms with Crippen molar-refractivity contribution in [2.45, 2.75) is 65.9 Å². The summed E-state index contributed by atoms with van der Waals surface area (Å²) in [6.07, 6.45) is 3.85. The molecule has 2 N–H and O–H groups in total. The van der Waals surface area contributed by atoms with Crippen molar-refractivity contribution in [3.05, 3.63) is 0 Å². The van der Waals surface area contributed by atoms with Crippen molar-refractivity contribution in [1.29, 1.82) is 0 Å². The Labute approximate surface area is 106 Å². The van der Waals surface area contributed by atoms with Crippen LogP contribution in [-0.2, 0) is 9.53 Å². The van der Waals surface area contributed by atoms with Crippen LogP contribution in [0.3, 0.4) is 0 Å². The molecule has 0 aromatic rings.